The van der Waals surface area contributed by atoms with Gasteiger partial charge in [0.15, 0.2) is 0 Å². The molecular formula is C16H16BrNO2. The molecular weight excluding hydrogens is 318 g/mol. The zero-order valence-electron chi connectivity index (χ0n) is 11.4. The molecule has 0 bridgehead atoms. The second-order valence-electron chi connectivity index (χ2n) is 4.31. The van der Waals surface area contributed by atoms with Gasteiger partial charge in [0, 0.05) is 11.3 Å². The third-order valence-electron chi connectivity index (χ3n) is 3.06. The smallest absolute Gasteiger partial charge is 0.255 e. The summed E-state index contributed by atoms with van der Waals surface area (Å²) in [7, 11) is 1.59. The number of anilines is 1. The molecule has 0 atom stereocenters. The second-order valence-corrected chi connectivity index (χ2v) is 5.17. The highest BCUT2D eigenvalue weighted by Crippen LogP contribution is 2.26. The largest absolute Gasteiger partial charge is 0.496 e. The van der Waals surface area contributed by atoms with Gasteiger partial charge < -0.3 is 10.1 Å². The third kappa shape index (κ3) is 3.20. The highest BCUT2D eigenvalue weighted by atomic mass is 79.9. The highest BCUT2D eigenvalue weighted by molar-refractivity contribution is 9.10. The van der Waals surface area contributed by atoms with Gasteiger partial charge in [-0.3, -0.25) is 4.79 Å². The van der Waals surface area contributed by atoms with Crippen molar-refractivity contribution in [3.05, 3.63) is 58.1 Å². The van der Waals surface area contributed by atoms with E-state index in [4.69, 9.17) is 4.74 Å². The molecule has 0 aliphatic heterocycles. The number of aryl methyl sites for hydroxylation is 1. The Morgan fingerprint density at radius 3 is 2.65 bits per heavy atom. The average Bonchev–Trinajstić information content (AvgIpc) is 2.47. The third-order valence-corrected chi connectivity index (χ3v) is 3.68. The molecule has 0 aliphatic carbocycles. The summed E-state index contributed by atoms with van der Waals surface area (Å²) in [6.07, 6.45) is 0.878. The fourth-order valence-electron chi connectivity index (χ4n) is 1.95. The summed E-state index contributed by atoms with van der Waals surface area (Å²) in [6.45, 7) is 2.06. The van der Waals surface area contributed by atoms with E-state index in [-0.39, 0.29) is 5.91 Å². The lowest BCUT2D eigenvalue weighted by Gasteiger charge is -2.10. The number of rotatable bonds is 4. The van der Waals surface area contributed by atoms with Crippen LogP contribution >= 0.6 is 15.9 Å². The van der Waals surface area contributed by atoms with Gasteiger partial charge in [-0.1, -0.05) is 25.1 Å². The number of ether oxygens (including phenoxy) is 1. The highest BCUT2D eigenvalue weighted by Gasteiger charge is 2.10. The number of methoxy groups -OCH3 is 1. The van der Waals surface area contributed by atoms with Gasteiger partial charge in [-0.2, -0.15) is 0 Å². The first-order valence-electron chi connectivity index (χ1n) is 6.38. The monoisotopic (exact) mass is 333 g/mol. The van der Waals surface area contributed by atoms with Crippen molar-refractivity contribution in [2.24, 2.45) is 0 Å². The zero-order chi connectivity index (χ0) is 14.5. The van der Waals surface area contributed by atoms with Gasteiger partial charge in [-0.25, -0.2) is 0 Å². The van der Waals surface area contributed by atoms with Crippen molar-refractivity contribution in [2.75, 3.05) is 12.4 Å². The van der Waals surface area contributed by atoms with Crippen LogP contribution in [0.5, 0.6) is 5.75 Å². The van der Waals surface area contributed by atoms with Crippen molar-refractivity contribution in [1.29, 1.82) is 0 Å². The molecule has 1 N–H and O–H groups in total. The van der Waals surface area contributed by atoms with Crippen LogP contribution in [0.1, 0.15) is 22.8 Å². The van der Waals surface area contributed by atoms with Crippen molar-refractivity contribution >= 4 is 27.5 Å². The quantitative estimate of drug-likeness (QED) is 0.907. The predicted molar refractivity (Wildman–Crippen MR) is 84.5 cm³/mol. The van der Waals surface area contributed by atoms with Gasteiger partial charge in [0.25, 0.3) is 5.91 Å². The maximum atomic E-state index is 12.3. The maximum Gasteiger partial charge on any atom is 0.255 e. The minimum Gasteiger partial charge on any atom is -0.496 e. The van der Waals surface area contributed by atoms with Crippen LogP contribution in [0.15, 0.2) is 46.9 Å². The number of halogens is 1. The van der Waals surface area contributed by atoms with Gasteiger partial charge in [0.1, 0.15) is 5.75 Å². The van der Waals surface area contributed by atoms with E-state index < -0.39 is 0 Å². The SMILES string of the molecule is CCc1ccccc1NC(=O)c1ccc(OC)c(Br)c1. The Morgan fingerprint density at radius 1 is 1.25 bits per heavy atom. The molecule has 0 saturated carbocycles. The van der Waals surface area contributed by atoms with Gasteiger partial charge in [-0.15, -0.1) is 0 Å². The van der Waals surface area contributed by atoms with Crippen LogP contribution < -0.4 is 10.1 Å². The number of carbonyl (C=O) groups is 1. The molecule has 104 valence electrons. The minimum atomic E-state index is -0.130. The van der Waals surface area contributed by atoms with E-state index >= 15 is 0 Å². The fourth-order valence-corrected chi connectivity index (χ4v) is 2.49. The number of hydrogen-bond acceptors (Lipinski definition) is 2. The first-order valence-corrected chi connectivity index (χ1v) is 7.17. The second kappa shape index (κ2) is 6.57. The minimum absolute atomic E-state index is 0.130. The molecule has 0 heterocycles. The number of amides is 1. The van der Waals surface area contributed by atoms with Crippen molar-refractivity contribution in [2.45, 2.75) is 13.3 Å². The fraction of sp³-hybridized carbons (Fsp3) is 0.188. The Labute approximate surface area is 127 Å². The number of nitrogens with one attached hydrogen (secondary N) is 1. The number of carbonyl (C=O) groups excluding carboxylic acids is 1. The summed E-state index contributed by atoms with van der Waals surface area (Å²) >= 11 is 3.38. The lowest BCUT2D eigenvalue weighted by molar-refractivity contribution is 0.102. The van der Waals surface area contributed by atoms with Crippen molar-refractivity contribution in [3.63, 3.8) is 0 Å². The van der Waals surface area contributed by atoms with E-state index in [0.717, 1.165) is 22.1 Å². The van der Waals surface area contributed by atoms with Crippen LogP contribution in [0.3, 0.4) is 0 Å². The lowest BCUT2D eigenvalue weighted by Crippen LogP contribution is -2.13. The standard InChI is InChI=1S/C16H16BrNO2/c1-3-11-6-4-5-7-14(11)18-16(19)12-8-9-15(20-2)13(17)10-12/h4-10H,3H2,1-2H3,(H,18,19). The zero-order valence-corrected chi connectivity index (χ0v) is 13.0. The van der Waals surface area contributed by atoms with E-state index in [1.54, 1.807) is 25.3 Å². The van der Waals surface area contributed by atoms with Crippen LogP contribution in [-0.2, 0) is 6.42 Å². The molecule has 0 unspecified atom stereocenters. The summed E-state index contributed by atoms with van der Waals surface area (Å²) in [4.78, 5) is 12.3. The summed E-state index contributed by atoms with van der Waals surface area (Å²) in [5, 5.41) is 2.94. The molecule has 3 nitrogen and oxygen atoms in total. The molecule has 0 aliphatic rings. The summed E-state index contributed by atoms with van der Waals surface area (Å²) in [6, 6.07) is 13.1. The van der Waals surface area contributed by atoms with Crippen LogP contribution in [0.25, 0.3) is 0 Å². The molecule has 2 aromatic rings. The van der Waals surface area contributed by atoms with Crippen LogP contribution in [0.2, 0.25) is 0 Å². The summed E-state index contributed by atoms with van der Waals surface area (Å²) in [5.41, 5.74) is 2.56. The van der Waals surface area contributed by atoms with E-state index in [0.29, 0.717) is 11.3 Å². The van der Waals surface area contributed by atoms with Crippen molar-refractivity contribution < 1.29 is 9.53 Å². The Bertz CT molecular complexity index is 626. The molecule has 0 aromatic heterocycles. The van der Waals surface area contributed by atoms with Gasteiger partial charge in [-0.05, 0) is 52.2 Å². The van der Waals surface area contributed by atoms with Gasteiger partial charge >= 0.3 is 0 Å². The number of para-hydroxylation sites is 1. The molecule has 2 aromatic carbocycles. The van der Waals surface area contributed by atoms with Gasteiger partial charge in [0.2, 0.25) is 0 Å². The van der Waals surface area contributed by atoms with Crippen molar-refractivity contribution in [1.82, 2.24) is 0 Å². The number of benzene rings is 2. The average molecular weight is 334 g/mol. The molecule has 0 fully saturated rings. The molecule has 20 heavy (non-hydrogen) atoms. The van der Waals surface area contributed by atoms with E-state index in [1.165, 1.54) is 0 Å². The van der Waals surface area contributed by atoms with Crippen molar-refractivity contribution in [3.8, 4) is 5.75 Å². The Morgan fingerprint density at radius 2 is 2.00 bits per heavy atom. The first kappa shape index (κ1) is 14.6. The van der Waals surface area contributed by atoms with E-state index in [9.17, 15) is 4.79 Å². The number of hydrogen-bond donors (Lipinski definition) is 1. The summed E-state index contributed by atoms with van der Waals surface area (Å²) < 4.78 is 5.92. The van der Waals surface area contributed by atoms with Crippen LogP contribution in [0.4, 0.5) is 5.69 Å². The van der Waals surface area contributed by atoms with Gasteiger partial charge in [0.05, 0.1) is 11.6 Å². The Hall–Kier alpha value is -1.81. The lowest BCUT2D eigenvalue weighted by atomic mass is 10.1. The topological polar surface area (TPSA) is 38.3 Å². The molecule has 4 heteroatoms. The Balaban J connectivity index is 2.22. The summed E-state index contributed by atoms with van der Waals surface area (Å²) in [5.74, 6) is 0.574. The molecule has 0 spiro atoms. The van der Waals surface area contributed by atoms with Crippen LogP contribution in [0, 0.1) is 0 Å². The van der Waals surface area contributed by atoms with E-state index in [2.05, 4.69) is 28.2 Å². The molecule has 0 saturated heterocycles. The Kier molecular flexibility index (Phi) is 4.79. The predicted octanol–water partition coefficient (Wildman–Crippen LogP) is 4.27. The normalized spacial score (nSPS) is 10.2. The molecule has 2 rings (SSSR count). The molecule has 0 radical (unpaired) electrons. The first-order chi connectivity index (χ1) is 9.65. The maximum absolute atomic E-state index is 12.3. The van der Waals surface area contributed by atoms with E-state index in [1.807, 2.05) is 24.3 Å². The van der Waals surface area contributed by atoms with Crippen LogP contribution in [-0.4, -0.2) is 13.0 Å². The molecule has 1 amide bonds.